The van der Waals surface area contributed by atoms with E-state index in [1.165, 1.54) is 0 Å². The van der Waals surface area contributed by atoms with Gasteiger partial charge in [-0.15, -0.1) is 6.58 Å². The first-order chi connectivity index (χ1) is 7.02. The van der Waals surface area contributed by atoms with Gasteiger partial charge in [-0.05, 0) is 31.9 Å². The molecule has 0 aliphatic rings. The second kappa shape index (κ2) is 4.78. The molecule has 0 bridgehead atoms. The van der Waals surface area contributed by atoms with Crippen LogP contribution in [0.25, 0.3) is 0 Å². The Kier molecular flexibility index (Phi) is 3.67. The molecule has 1 aromatic carbocycles. The van der Waals surface area contributed by atoms with Gasteiger partial charge < -0.3 is 5.73 Å². The Morgan fingerprint density at radius 1 is 1.40 bits per heavy atom. The first kappa shape index (κ1) is 11.5. The summed E-state index contributed by atoms with van der Waals surface area (Å²) in [6.07, 6.45) is 1.26. The van der Waals surface area contributed by atoms with Crippen molar-refractivity contribution < 1.29 is 4.79 Å². The summed E-state index contributed by atoms with van der Waals surface area (Å²) >= 11 is 0. The summed E-state index contributed by atoms with van der Waals surface area (Å²) in [5.41, 5.74) is 9.07. The minimum atomic E-state index is 0.141. The van der Waals surface area contributed by atoms with Crippen LogP contribution in [-0.4, -0.2) is 5.78 Å². The van der Waals surface area contributed by atoms with Crippen molar-refractivity contribution in [2.75, 3.05) is 5.73 Å². The highest BCUT2D eigenvalue weighted by Gasteiger charge is 2.09. The van der Waals surface area contributed by atoms with Gasteiger partial charge in [0.05, 0.1) is 0 Å². The van der Waals surface area contributed by atoms with Crippen LogP contribution in [0.2, 0.25) is 0 Å². The number of benzene rings is 1. The number of allylic oxidation sites excluding steroid dienone is 1. The smallest absolute Gasteiger partial charge is 0.163 e. The molecule has 0 spiro atoms. The molecule has 0 aliphatic heterocycles. The average molecular weight is 203 g/mol. The van der Waals surface area contributed by atoms with Crippen LogP contribution in [0, 0.1) is 6.92 Å². The molecule has 2 nitrogen and oxygen atoms in total. The first-order valence-corrected chi connectivity index (χ1v) is 5.05. The Morgan fingerprint density at radius 3 is 2.67 bits per heavy atom. The van der Waals surface area contributed by atoms with Gasteiger partial charge >= 0.3 is 0 Å². The lowest BCUT2D eigenvalue weighted by Gasteiger charge is -2.07. The summed E-state index contributed by atoms with van der Waals surface area (Å²) in [5.74, 6) is 0.141. The van der Waals surface area contributed by atoms with E-state index in [0.29, 0.717) is 12.1 Å². The third-order valence-corrected chi connectivity index (χ3v) is 2.45. The zero-order chi connectivity index (χ0) is 11.4. The Labute approximate surface area is 90.8 Å². The summed E-state index contributed by atoms with van der Waals surface area (Å²) < 4.78 is 0. The number of anilines is 1. The highest BCUT2D eigenvalue weighted by atomic mass is 16.1. The van der Waals surface area contributed by atoms with E-state index in [0.717, 1.165) is 23.1 Å². The lowest BCUT2D eigenvalue weighted by atomic mass is 9.99. The lowest BCUT2D eigenvalue weighted by molar-refractivity contribution is 0.0982. The van der Waals surface area contributed by atoms with E-state index in [9.17, 15) is 4.79 Å². The maximum absolute atomic E-state index is 11.8. The molecule has 0 saturated carbocycles. The molecule has 15 heavy (non-hydrogen) atoms. The monoisotopic (exact) mass is 203 g/mol. The van der Waals surface area contributed by atoms with E-state index in [1.807, 2.05) is 32.0 Å². The third-order valence-electron chi connectivity index (χ3n) is 2.45. The Morgan fingerprint density at radius 2 is 2.07 bits per heavy atom. The molecule has 0 radical (unpaired) electrons. The molecule has 0 atom stereocenters. The van der Waals surface area contributed by atoms with Crippen molar-refractivity contribution in [3.8, 4) is 0 Å². The fraction of sp³-hybridized carbons (Fsp3) is 0.308. The number of ketones is 1. The van der Waals surface area contributed by atoms with Crippen LogP contribution in [0.4, 0.5) is 5.69 Å². The number of Topliss-reactive ketones (excluding diaryl/α,β-unsaturated/α-hetero) is 1. The zero-order valence-corrected chi connectivity index (χ0v) is 9.34. The topological polar surface area (TPSA) is 43.1 Å². The standard InChI is InChI=1S/C13H17NO/c1-9(2)7-8-13(15)11-5-4-6-12(14)10(11)3/h4-6H,1,7-8,14H2,2-3H3. The summed E-state index contributed by atoms with van der Waals surface area (Å²) in [4.78, 5) is 11.8. The van der Waals surface area contributed by atoms with Crippen LogP contribution in [0.5, 0.6) is 0 Å². The van der Waals surface area contributed by atoms with Crippen molar-refractivity contribution in [3.63, 3.8) is 0 Å². The number of nitrogens with two attached hydrogens (primary N) is 1. The van der Waals surface area contributed by atoms with E-state index in [1.54, 1.807) is 0 Å². The van der Waals surface area contributed by atoms with Crippen LogP contribution in [0.3, 0.4) is 0 Å². The summed E-state index contributed by atoms with van der Waals surface area (Å²) in [5, 5.41) is 0. The number of nitrogen functional groups attached to an aromatic ring is 1. The van der Waals surface area contributed by atoms with Crippen LogP contribution >= 0.6 is 0 Å². The molecule has 0 aliphatic carbocycles. The van der Waals surface area contributed by atoms with Gasteiger partial charge in [-0.3, -0.25) is 4.79 Å². The molecule has 80 valence electrons. The van der Waals surface area contributed by atoms with Gasteiger partial charge in [-0.25, -0.2) is 0 Å². The maximum Gasteiger partial charge on any atom is 0.163 e. The highest BCUT2D eigenvalue weighted by molar-refractivity contribution is 5.98. The Hall–Kier alpha value is -1.57. The van der Waals surface area contributed by atoms with Gasteiger partial charge in [0.15, 0.2) is 5.78 Å². The van der Waals surface area contributed by atoms with Crippen molar-refractivity contribution in [2.45, 2.75) is 26.7 Å². The molecule has 0 amide bonds. The summed E-state index contributed by atoms with van der Waals surface area (Å²) in [6.45, 7) is 7.59. The summed E-state index contributed by atoms with van der Waals surface area (Å²) in [6, 6.07) is 5.45. The van der Waals surface area contributed by atoms with Crippen molar-refractivity contribution >= 4 is 11.5 Å². The molecule has 1 aromatic rings. The fourth-order valence-electron chi connectivity index (χ4n) is 1.42. The number of carbonyl (C=O) groups excluding carboxylic acids is 1. The molecule has 0 heterocycles. The SMILES string of the molecule is C=C(C)CCC(=O)c1cccc(N)c1C. The van der Waals surface area contributed by atoms with E-state index >= 15 is 0 Å². The minimum absolute atomic E-state index is 0.141. The van der Waals surface area contributed by atoms with Crippen LogP contribution in [0.15, 0.2) is 30.4 Å². The van der Waals surface area contributed by atoms with E-state index < -0.39 is 0 Å². The molecular formula is C13H17NO. The number of hydrogen-bond donors (Lipinski definition) is 1. The van der Waals surface area contributed by atoms with Gasteiger partial charge in [0, 0.05) is 17.7 Å². The van der Waals surface area contributed by atoms with Gasteiger partial charge in [0.2, 0.25) is 0 Å². The van der Waals surface area contributed by atoms with E-state index in [2.05, 4.69) is 6.58 Å². The molecular weight excluding hydrogens is 186 g/mol. The van der Waals surface area contributed by atoms with Gasteiger partial charge in [-0.2, -0.15) is 0 Å². The summed E-state index contributed by atoms with van der Waals surface area (Å²) in [7, 11) is 0. The fourth-order valence-corrected chi connectivity index (χ4v) is 1.42. The molecule has 2 N–H and O–H groups in total. The van der Waals surface area contributed by atoms with Gasteiger partial charge in [0.25, 0.3) is 0 Å². The lowest BCUT2D eigenvalue weighted by Crippen LogP contribution is -2.04. The van der Waals surface area contributed by atoms with Crippen molar-refractivity contribution in [2.24, 2.45) is 0 Å². The normalized spacial score (nSPS) is 10.0. The predicted molar refractivity (Wildman–Crippen MR) is 64.0 cm³/mol. The molecule has 1 rings (SSSR count). The molecule has 2 heteroatoms. The Balaban J connectivity index is 2.82. The van der Waals surface area contributed by atoms with Crippen molar-refractivity contribution in [3.05, 3.63) is 41.5 Å². The second-order valence-corrected chi connectivity index (χ2v) is 3.90. The molecule has 0 unspecified atom stereocenters. The van der Waals surface area contributed by atoms with Crippen LogP contribution < -0.4 is 5.73 Å². The van der Waals surface area contributed by atoms with E-state index in [-0.39, 0.29) is 5.78 Å². The predicted octanol–water partition coefficient (Wildman–Crippen LogP) is 3.12. The largest absolute Gasteiger partial charge is 0.398 e. The quantitative estimate of drug-likeness (QED) is 0.464. The third kappa shape index (κ3) is 2.94. The van der Waals surface area contributed by atoms with Crippen molar-refractivity contribution in [1.82, 2.24) is 0 Å². The molecule has 0 saturated heterocycles. The highest BCUT2D eigenvalue weighted by Crippen LogP contribution is 2.18. The average Bonchev–Trinajstić information content (AvgIpc) is 2.18. The minimum Gasteiger partial charge on any atom is -0.398 e. The Bertz CT molecular complexity index is 394. The van der Waals surface area contributed by atoms with Crippen molar-refractivity contribution in [1.29, 1.82) is 0 Å². The van der Waals surface area contributed by atoms with Gasteiger partial charge in [0.1, 0.15) is 0 Å². The van der Waals surface area contributed by atoms with Gasteiger partial charge in [-0.1, -0.05) is 17.7 Å². The van der Waals surface area contributed by atoms with Crippen LogP contribution in [0.1, 0.15) is 35.7 Å². The number of hydrogen-bond acceptors (Lipinski definition) is 2. The number of rotatable bonds is 4. The van der Waals surface area contributed by atoms with E-state index in [4.69, 9.17) is 5.73 Å². The zero-order valence-electron chi connectivity index (χ0n) is 9.34. The van der Waals surface area contributed by atoms with Crippen LogP contribution in [-0.2, 0) is 0 Å². The molecule has 0 fully saturated rings. The first-order valence-electron chi connectivity index (χ1n) is 5.05. The number of carbonyl (C=O) groups is 1. The maximum atomic E-state index is 11.8. The molecule has 0 aromatic heterocycles. The second-order valence-electron chi connectivity index (χ2n) is 3.90.